The highest BCUT2D eigenvalue weighted by molar-refractivity contribution is 9.10. The highest BCUT2D eigenvalue weighted by Gasteiger charge is 2.10. The van der Waals surface area contributed by atoms with E-state index in [1.54, 1.807) is 37.4 Å². The van der Waals surface area contributed by atoms with Gasteiger partial charge in [0.1, 0.15) is 5.75 Å². The number of ether oxygens (including phenoxy) is 1. The van der Waals surface area contributed by atoms with Crippen LogP contribution in [-0.2, 0) is 0 Å². The van der Waals surface area contributed by atoms with Gasteiger partial charge in [-0.05, 0) is 64.8 Å². The lowest BCUT2D eigenvalue weighted by Crippen LogP contribution is -2.14. The maximum absolute atomic E-state index is 12.3. The minimum Gasteiger partial charge on any atom is -0.496 e. The number of nitrogens with one attached hydrogen (secondary N) is 2. The van der Waals surface area contributed by atoms with Gasteiger partial charge in [-0.25, -0.2) is 0 Å². The number of methoxy groups -OCH3 is 1. The number of carbonyl (C=O) groups is 1. The molecule has 2 aromatic carbocycles. The van der Waals surface area contributed by atoms with Crippen molar-refractivity contribution in [2.24, 2.45) is 5.84 Å². The number of aryl methyl sites for hydroxylation is 1. The zero-order chi connectivity index (χ0) is 15.4. The van der Waals surface area contributed by atoms with Crippen LogP contribution >= 0.6 is 15.9 Å². The van der Waals surface area contributed by atoms with Gasteiger partial charge < -0.3 is 15.5 Å². The van der Waals surface area contributed by atoms with Crippen LogP contribution in [0.5, 0.6) is 5.75 Å². The summed E-state index contributed by atoms with van der Waals surface area (Å²) in [5, 5.41) is 2.85. The number of nitrogen functional groups attached to an aromatic ring is 1. The number of amides is 1. The van der Waals surface area contributed by atoms with Gasteiger partial charge >= 0.3 is 0 Å². The van der Waals surface area contributed by atoms with E-state index in [0.717, 1.165) is 15.7 Å². The molecule has 2 aromatic rings. The lowest BCUT2D eigenvalue weighted by molar-refractivity contribution is 0.102. The van der Waals surface area contributed by atoms with Crippen molar-refractivity contribution in [3.8, 4) is 5.75 Å². The summed E-state index contributed by atoms with van der Waals surface area (Å²) in [7, 11) is 1.59. The molecule has 0 heterocycles. The minimum atomic E-state index is -0.173. The number of rotatable bonds is 4. The summed E-state index contributed by atoms with van der Waals surface area (Å²) >= 11 is 3.39. The fraction of sp³-hybridized carbons (Fsp3) is 0.133. The number of hydrogen-bond donors (Lipinski definition) is 3. The molecule has 0 saturated carbocycles. The third kappa shape index (κ3) is 3.53. The van der Waals surface area contributed by atoms with Crippen LogP contribution < -0.4 is 21.3 Å². The van der Waals surface area contributed by atoms with Crippen molar-refractivity contribution >= 4 is 33.2 Å². The number of halogens is 1. The van der Waals surface area contributed by atoms with Crippen LogP contribution in [0.3, 0.4) is 0 Å². The van der Waals surface area contributed by atoms with Crippen molar-refractivity contribution in [1.29, 1.82) is 0 Å². The van der Waals surface area contributed by atoms with Gasteiger partial charge in [-0.15, -0.1) is 0 Å². The number of benzene rings is 2. The average Bonchev–Trinajstić information content (AvgIpc) is 2.47. The third-order valence-corrected chi connectivity index (χ3v) is 3.67. The molecule has 0 spiro atoms. The van der Waals surface area contributed by atoms with Crippen molar-refractivity contribution in [2.75, 3.05) is 17.9 Å². The van der Waals surface area contributed by atoms with Crippen LogP contribution in [-0.4, -0.2) is 13.0 Å². The Bertz CT molecular complexity index is 674. The minimum absolute atomic E-state index is 0.173. The highest BCUT2D eigenvalue weighted by Crippen LogP contribution is 2.28. The molecule has 0 atom stereocenters. The monoisotopic (exact) mass is 349 g/mol. The Morgan fingerprint density at radius 1 is 1.19 bits per heavy atom. The first kappa shape index (κ1) is 15.3. The molecule has 1 amide bonds. The van der Waals surface area contributed by atoms with Crippen LogP contribution in [0.15, 0.2) is 40.9 Å². The first-order valence-corrected chi connectivity index (χ1v) is 7.06. The van der Waals surface area contributed by atoms with Gasteiger partial charge in [0.05, 0.1) is 11.6 Å². The largest absolute Gasteiger partial charge is 0.496 e. The van der Waals surface area contributed by atoms with E-state index in [1.165, 1.54) is 0 Å². The molecule has 21 heavy (non-hydrogen) atoms. The topological polar surface area (TPSA) is 76.4 Å². The molecule has 0 radical (unpaired) electrons. The zero-order valence-electron chi connectivity index (χ0n) is 11.7. The number of nitrogens with two attached hydrogens (primary N) is 1. The fourth-order valence-electron chi connectivity index (χ4n) is 1.95. The van der Waals surface area contributed by atoms with E-state index in [9.17, 15) is 4.79 Å². The van der Waals surface area contributed by atoms with E-state index >= 15 is 0 Å². The Labute approximate surface area is 131 Å². The molecule has 5 nitrogen and oxygen atoms in total. The molecule has 6 heteroatoms. The normalized spacial score (nSPS) is 10.1. The van der Waals surface area contributed by atoms with E-state index in [0.29, 0.717) is 17.0 Å². The van der Waals surface area contributed by atoms with Crippen molar-refractivity contribution in [3.05, 3.63) is 52.0 Å². The van der Waals surface area contributed by atoms with Crippen LogP contribution in [0.4, 0.5) is 11.4 Å². The number of hydrogen-bond acceptors (Lipinski definition) is 4. The number of carbonyl (C=O) groups excluding carboxylic acids is 1. The zero-order valence-corrected chi connectivity index (χ0v) is 13.3. The molecule has 110 valence electrons. The fourth-order valence-corrected chi connectivity index (χ4v) is 2.49. The van der Waals surface area contributed by atoms with Crippen LogP contribution in [0.1, 0.15) is 15.9 Å². The van der Waals surface area contributed by atoms with Crippen LogP contribution in [0, 0.1) is 6.92 Å². The molecule has 2 rings (SSSR count). The molecule has 0 fully saturated rings. The third-order valence-electron chi connectivity index (χ3n) is 3.05. The van der Waals surface area contributed by atoms with Crippen LogP contribution in [0.25, 0.3) is 0 Å². The van der Waals surface area contributed by atoms with E-state index in [1.807, 2.05) is 13.0 Å². The molecule has 0 bridgehead atoms. The van der Waals surface area contributed by atoms with Crippen molar-refractivity contribution in [3.63, 3.8) is 0 Å². The van der Waals surface area contributed by atoms with Gasteiger partial charge in [-0.1, -0.05) is 0 Å². The average molecular weight is 350 g/mol. The molecule has 4 N–H and O–H groups in total. The molecular formula is C15H16BrN3O2. The Kier molecular flexibility index (Phi) is 4.82. The second kappa shape index (κ2) is 6.60. The molecule has 0 aliphatic rings. The molecule has 0 saturated heterocycles. The standard InChI is InChI=1S/C15H16BrN3O2/c1-9-7-11(19-17)3-5-12(9)15(20)18-10-4-6-14(21-2)13(16)8-10/h3-8,19H,17H2,1-2H3,(H,18,20). The second-order valence-electron chi connectivity index (χ2n) is 4.48. The molecular weight excluding hydrogens is 334 g/mol. The lowest BCUT2D eigenvalue weighted by atomic mass is 10.1. The van der Waals surface area contributed by atoms with E-state index in [-0.39, 0.29) is 5.91 Å². The quantitative estimate of drug-likeness (QED) is 0.584. The lowest BCUT2D eigenvalue weighted by Gasteiger charge is -2.10. The summed E-state index contributed by atoms with van der Waals surface area (Å²) in [6.45, 7) is 1.86. The molecule has 0 unspecified atom stereocenters. The van der Waals surface area contributed by atoms with Gasteiger partial charge in [0, 0.05) is 16.9 Å². The summed E-state index contributed by atoms with van der Waals surface area (Å²) in [5.41, 5.74) is 5.44. The molecule has 0 aromatic heterocycles. The van der Waals surface area contributed by atoms with Crippen molar-refractivity contribution < 1.29 is 9.53 Å². The first-order valence-electron chi connectivity index (χ1n) is 6.27. The Morgan fingerprint density at radius 3 is 2.48 bits per heavy atom. The van der Waals surface area contributed by atoms with Crippen LogP contribution in [0.2, 0.25) is 0 Å². The summed E-state index contributed by atoms with van der Waals surface area (Å²) in [5.74, 6) is 5.88. The van der Waals surface area contributed by atoms with Gasteiger partial charge in [-0.2, -0.15) is 0 Å². The Balaban J connectivity index is 2.20. The second-order valence-corrected chi connectivity index (χ2v) is 5.33. The molecule has 0 aliphatic heterocycles. The predicted octanol–water partition coefficient (Wildman–Crippen LogP) is 3.30. The highest BCUT2D eigenvalue weighted by atomic mass is 79.9. The van der Waals surface area contributed by atoms with E-state index in [4.69, 9.17) is 10.6 Å². The Morgan fingerprint density at radius 2 is 1.90 bits per heavy atom. The predicted molar refractivity (Wildman–Crippen MR) is 87.6 cm³/mol. The number of anilines is 2. The summed E-state index contributed by atoms with van der Waals surface area (Å²) in [6.07, 6.45) is 0. The van der Waals surface area contributed by atoms with Crippen molar-refractivity contribution in [2.45, 2.75) is 6.92 Å². The maximum atomic E-state index is 12.3. The Hall–Kier alpha value is -2.05. The van der Waals surface area contributed by atoms with Gasteiger partial charge in [-0.3, -0.25) is 10.6 Å². The number of hydrazine groups is 1. The van der Waals surface area contributed by atoms with E-state index in [2.05, 4.69) is 26.7 Å². The summed E-state index contributed by atoms with van der Waals surface area (Å²) < 4.78 is 5.94. The SMILES string of the molecule is COc1ccc(NC(=O)c2ccc(NN)cc2C)cc1Br. The van der Waals surface area contributed by atoms with Gasteiger partial charge in [0.15, 0.2) is 0 Å². The van der Waals surface area contributed by atoms with Gasteiger partial charge in [0.25, 0.3) is 5.91 Å². The summed E-state index contributed by atoms with van der Waals surface area (Å²) in [4.78, 5) is 12.3. The van der Waals surface area contributed by atoms with E-state index < -0.39 is 0 Å². The maximum Gasteiger partial charge on any atom is 0.255 e. The first-order chi connectivity index (χ1) is 10.0. The molecule has 0 aliphatic carbocycles. The van der Waals surface area contributed by atoms with Gasteiger partial charge in [0.2, 0.25) is 0 Å². The smallest absolute Gasteiger partial charge is 0.255 e. The summed E-state index contributed by atoms with van der Waals surface area (Å²) in [6, 6.07) is 10.7. The van der Waals surface area contributed by atoms with Crippen molar-refractivity contribution in [1.82, 2.24) is 0 Å².